The molecule has 0 spiro atoms. The number of carbonyl (C=O) groups is 9. The van der Waals surface area contributed by atoms with Crippen molar-refractivity contribution in [3.05, 3.63) is 164 Å². The van der Waals surface area contributed by atoms with Gasteiger partial charge < -0.3 is 134 Å². The Morgan fingerprint density at radius 3 is 1.87 bits per heavy atom. The highest BCUT2D eigenvalue weighted by molar-refractivity contribution is 7.95. The van der Waals surface area contributed by atoms with Crippen LogP contribution in [0.15, 0.2) is 114 Å². The number of aliphatic hydroxyl groups is 8. The van der Waals surface area contributed by atoms with Gasteiger partial charge in [-0.25, -0.2) is 34.5 Å². The Morgan fingerprint density at radius 1 is 0.680 bits per heavy atom. The quantitative estimate of drug-likeness (QED) is 0.0114. The van der Waals surface area contributed by atoms with Crippen LogP contribution in [0.3, 0.4) is 0 Å². The van der Waals surface area contributed by atoms with Crippen molar-refractivity contribution >= 4 is 92.9 Å². The van der Waals surface area contributed by atoms with Crippen molar-refractivity contribution in [1.29, 1.82) is 0 Å². The number of nitrogens with zero attached hydrogens (tertiary/aromatic N) is 6. The summed E-state index contributed by atoms with van der Waals surface area (Å²) in [6, 6.07) is 18.5. The van der Waals surface area contributed by atoms with Crippen LogP contribution in [0, 0.1) is 12.8 Å². The molecule has 19 atom stereocenters. The summed E-state index contributed by atoms with van der Waals surface area (Å²) in [6.45, 7) is 7.54. The molecule has 40 nitrogen and oxygen atoms in total. The van der Waals surface area contributed by atoms with Crippen LogP contribution in [0.25, 0.3) is 10.7 Å². The average Bonchev–Trinajstić information content (AvgIpc) is 1.41. The van der Waals surface area contributed by atoms with E-state index in [9.17, 15) is 74.4 Å². The van der Waals surface area contributed by atoms with E-state index in [1.807, 2.05) is 36.4 Å². The number of ether oxygens (including phenoxy) is 6. The van der Waals surface area contributed by atoms with E-state index in [4.69, 9.17) is 56.3 Å². The second-order valence-electron chi connectivity index (χ2n) is 30.4. The van der Waals surface area contributed by atoms with Gasteiger partial charge in [0.25, 0.3) is 11.8 Å². The molecule has 43 heteroatoms. The van der Waals surface area contributed by atoms with Crippen LogP contribution in [0.4, 0.5) is 15.4 Å². The predicted molar refractivity (Wildman–Crippen MR) is 442 cm³/mol. The normalized spacial score (nSPS) is 21.5. The molecule has 662 valence electrons. The number of anilines is 1. The molecular weight excluding hydrogens is 1650 g/mol. The monoisotopic (exact) mass is 1760 g/mol. The van der Waals surface area contributed by atoms with E-state index in [0.717, 1.165) is 12.2 Å². The number of nitrogen functional groups attached to an aromatic ring is 1. The molecule has 2 aliphatic rings. The fourth-order valence-corrected chi connectivity index (χ4v) is 15.9. The molecule has 4 aromatic heterocycles. The minimum absolute atomic E-state index is 0.0352. The molecule has 2 aliphatic heterocycles. The summed E-state index contributed by atoms with van der Waals surface area (Å²) in [6.07, 6.45) is -21.9. The van der Waals surface area contributed by atoms with Crippen molar-refractivity contribution < 1.29 is 112 Å². The first-order valence-corrected chi connectivity index (χ1v) is 42.8. The molecule has 0 bridgehead atoms. The maximum absolute atomic E-state index is 16.3. The van der Waals surface area contributed by atoms with Crippen molar-refractivity contribution in [3.63, 3.8) is 0 Å². The third-order valence-corrected chi connectivity index (χ3v) is 22.8. The summed E-state index contributed by atoms with van der Waals surface area (Å²) >= 11 is 2.51. The zero-order valence-electron chi connectivity index (χ0n) is 68.2. The van der Waals surface area contributed by atoms with E-state index in [0.29, 0.717) is 38.9 Å². The molecule has 3 aromatic carbocycles. The number of hydrogen-bond acceptors (Lipinski definition) is 32. The third kappa shape index (κ3) is 24.1. The molecule has 0 saturated carbocycles. The number of aliphatic hydroxyl groups excluding tert-OH is 8. The first-order valence-electron chi connectivity index (χ1n) is 38.8. The zero-order valence-corrected chi connectivity index (χ0v) is 70.7. The van der Waals surface area contributed by atoms with Crippen molar-refractivity contribution in [1.82, 2.24) is 66.7 Å². The largest absolute Gasteiger partial charge is 0.444 e. The van der Waals surface area contributed by atoms with Gasteiger partial charge in [-0.15, -0.1) is 22.7 Å². The minimum Gasteiger partial charge on any atom is -0.444 e. The van der Waals surface area contributed by atoms with Crippen LogP contribution in [0.2, 0.25) is 0 Å². The van der Waals surface area contributed by atoms with Gasteiger partial charge in [0, 0.05) is 61.4 Å². The van der Waals surface area contributed by atoms with E-state index >= 15 is 9.59 Å². The first-order chi connectivity index (χ1) is 57.8. The number of alkyl carbamates (subject to hydrolysis) is 1. The molecule has 122 heavy (non-hydrogen) atoms. The number of benzene rings is 3. The highest BCUT2D eigenvalue weighted by Crippen LogP contribution is 2.43. The Kier molecular flexibility index (Phi) is 33.8. The van der Waals surface area contributed by atoms with Crippen LogP contribution in [-0.4, -0.2) is 278 Å². The highest BCUT2D eigenvalue weighted by Gasteiger charge is 2.54. The molecule has 9 amide bonds. The average molecular weight is 1760 g/mol. The number of thiazole rings is 2. The lowest BCUT2D eigenvalue weighted by Crippen LogP contribution is -2.65. The van der Waals surface area contributed by atoms with E-state index in [2.05, 4.69) is 69.7 Å². The Balaban J connectivity index is 1.11. The van der Waals surface area contributed by atoms with Gasteiger partial charge in [-0.3, -0.25) is 33.6 Å². The number of nitrogens with one attached hydrogen (secondary N) is 7. The molecule has 7 aromatic rings. The molecule has 2 fully saturated rings. The molecular formula is C79H106N17O23S3+. The number of primary amides is 3. The Bertz CT molecular complexity index is 4610. The lowest BCUT2D eigenvalue weighted by atomic mass is 9.77. The number of hydrogen-bond donors (Lipinski definition) is 19. The first kappa shape index (κ1) is 95.5. The molecule has 0 unspecified atom stereocenters. The van der Waals surface area contributed by atoms with Gasteiger partial charge in [0.1, 0.15) is 118 Å². The highest BCUT2D eigenvalue weighted by atomic mass is 32.2. The van der Waals surface area contributed by atoms with Crippen molar-refractivity contribution in [2.75, 3.05) is 56.8 Å². The van der Waals surface area contributed by atoms with Gasteiger partial charge in [0.05, 0.1) is 73.0 Å². The van der Waals surface area contributed by atoms with E-state index in [1.54, 1.807) is 90.7 Å². The summed E-state index contributed by atoms with van der Waals surface area (Å²) in [5.41, 5.74) is 22.4. The van der Waals surface area contributed by atoms with Gasteiger partial charge in [-0.2, -0.15) is 0 Å². The second kappa shape index (κ2) is 43.1. The smallest absolute Gasteiger partial charge is 0.408 e. The van der Waals surface area contributed by atoms with Crippen molar-refractivity contribution in [3.8, 4) is 10.7 Å². The number of aromatic nitrogens is 6. The SMILES string of the molecule is Cc1c(N)nc([C@H](CC(N)=O)NC[C@H](NC(=O)OC(C)(C)C)C(N)=O)nc1C(=O)N[C@H](C(=O)N[C@H](C)[C@@H](O)[C@H](C)C(=O)N[C@H](C(=O)NCCc1nc(-c2nc(C(=O)NCCC[S+](C)C)cs2)cs1)[C@@H](C)O)[C@@H](O[C@@H]1O[C@@H](CO)[C@@H](O)[C@H](O)[C@@H]1O[C@H]1O[C@H](CO)[C@@H](O)[C@H](OC(N)=O)[C@@H]1O)c1cn(C(c2ccccc2)(c2ccccc2)c2ccccc2)cn1. The number of rotatable bonds is 40. The van der Waals surface area contributed by atoms with Crippen molar-refractivity contribution in [2.24, 2.45) is 23.1 Å². The number of imidazole rings is 1. The lowest BCUT2D eigenvalue weighted by Gasteiger charge is -2.47. The lowest BCUT2D eigenvalue weighted by molar-refractivity contribution is -0.372. The van der Waals surface area contributed by atoms with Gasteiger partial charge in [0.15, 0.2) is 18.7 Å². The summed E-state index contributed by atoms with van der Waals surface area (Å²) < 4.78 is 37.1. The molecule has 0 radical (unpaired) electrons. The van der Waals surface area contributed by atoms with Crippen LogP contribution < -0.4 is 60.2 Å². The topological polar surface area (TPSA) is 629 Å². The van der Waals surface area contributed by atoms with E-state index in [1.165, 1.54) is 62.9 Å². The molecule has 23 N–H and O–H groups in total. The molecule has 9 rings (SSSR count). The Morgan fingerprint density at radius 2 is 1.30 bits per heavy atom. The summed E-state index contributed by atoms with van der Waals surface area (Å²) in [7, 11) is 0.236. The minimum atomic E-state index is -2.36. The maximum atomic E-state index is 16.3. The predicted octanol–water partition coefficient (Wildman–Crippen LogP) is -1.82. The fourth-order valence-electron chi connectivity index (χ4n) is 13.6. The van der Waals surface area contributed by atoms with Crippen LogP contribution in [0.1, 0.15) is 126 Å². The number of carbonyl (C=O) groups excluding carboxylic acids is 9. The standard InChI is InChI=1S/C79H105N17O23S3/c1-38-54(92-67(95-65(38)81)45(30-52(80)100)86-31-46(66(82)106)91-77(113)119-78(5,6)7)71(110)94-56(72(111)88-40(3)57(101)39(2)68(107)93-55(41(4)99)70(109)85-28-26-53-89-49(36-120-53)73-90-48(35-121-73)69(108)84-27-19-29-122(8)9)62(47-32-96(37-87-47)79(42-20-13-10-14-21-42,43-22-15-11-16-23-43)44-24-17-12-18-25-44)116-75-64(60(104)58(102)50(33-97)115-75)117-74-61(105)63(118-76(83)112)59(103)51(34-98)114-74/h10-18,20-25,32,35-37,39-41,45-46,50-51,55-64,74-75,86,97-99,101-105H,19,26-31,33-34H2,1-9H3,(H13-,80,81,82,83,84,85,88,91,92,93,94,95,100,106,107,108,109,110,111,112,113)/p+1/t39-,40+,41+,45-,46-,50-,51+,55-,56-,57-,58+,59+,60-,61-,62-,63-,64-,74+,75-/m0/s1. The second-order valence-corrected chi connectivity index (χ2v) is 34.6. The van der Waals surface area contributed by atoms with Crippen molar-refractivity contribution in [2.45, 2.75) is 189 Å². The van der Waals surface area contributed by atoms with Crippen LogP contribution >= 0.6 is 22.7 Å². The molecule has 6 heterocycles. The summed E-state index contributed by atoms with van der Waals surface area (Å²) in [5.74, 6) is -8.37. The number of nitrogens with two attached hydrogens (primary N) is 4. The van der Waals surface area contributed by atoms with Gasteiger partial charge in [0.2, 0.25) is 29.5 Å². The Hall–Kier alpha value is -10.3. The van der Waals surface area contributed by atoms with Crippen LogP contribution in [-0.2, 0) is 75.2 Å². The molecule has 0 aliphatic carbocycles. The summed E-state index contributed by atoms with van der Waals surface area (Å²) in [4.78, 5) is 147. The fraction of sp³-hybridized carbons (Fsp3) is 0.494. The maximum Gasteiger partial charge on any atom is 0.408 e. The van der Waals surface area contributed by atoms with Gasteiger partial charge >= 0.3 is 12.2 Å². The Labute approximate surface area is 712 Å². The zero-order chi connectivity index (χ0) is 89.2. The van der Waals surface area contributed by atoms with Gasteiger partial charge in [-0.1, -0.05) is 97.9 Å². The molecule has 2 saturated heterocycles. The summed E-state index contributed by atoms with van der Waals surface area (Å²) in [5, 5.41) is 114. The van der Waals surface area contributed by atoms with Crippen LogP contribution in [0.5, 0.6) is 0 Å². The van der Waals surface area contributed by atoms with E-state index < -0.39 is 218 Å². The van der Waals surface area contributed by atoms with Gasteiger partial charge in [-0.05, 0) is 69.1 Å². The number of amides is 9. The third-order valence-electron chi connectivity index (χ3n) is 20.0. The van der Waals surface area contributed by atoms with E-state index in [-0.39, 0.29) is 46.7 Å².